The zero-order valence-corrected chi connectivity index (χ0v) is 18.3. The Morgan fingerprint density at radius 2 is 1.48 bits per heavy atom. The fraction of sp³-hybridized carbons (Fsp3) is 0.240. The molecule has 0 aliphatic rings. The van der Waals surface area contributed by atoms with Gasteiger partial charge in [-0.25, -0.2) is 0 Å². The summed E-state index contributed by atoms with van der Waals surface area (Å²) in [5, 5.41) is 2.56. The number of aryl methyl sites for hydroxylation is 1. The van der Waals surface area contributed by atoms with Crippen molar-refractivity contribution in [2.45, 2.75) is 39.8 Å². The monoisotopic (exact) mass is 420 g/mol. The highest BCUT2D eigenvalue weighted by atomic mass is 16.6. The van der Waals surface area contributed by atoms with Gasteiger partial charge in [0.1, 0.15) is 17.8 Å². The first-order chi connectivity index (χ1) is 14.7. The first-order valence-corrected chi connectivity index (χ1v) is 9.95. The van der Waals surface area contributed by atoms with Gasteiger partial charge in [-0.3, -0.25) is 14.4 Å². The summed E-state index contributed by atoms with van der Waals surface area (Å²) in [6, 6.07) is 21.9. The Morgan fingerprint density at radius 3 is 2.00 bits per heavy atom. The molecule has 0 atom stereocenters. The van der Waals surface area contributed by atoms with Crippen LogP contribution < -0.4 is 10.9 Å². The van der Waals surface area contributed by atoms with Gasteiger partial charge in [0.05, 0.1) is 0 Å². The molecule has 3 aromatic rings. The summed E-state index contributed by atoms with van der Waals surface area (Å²) >= 11 is 0. The van der Waals surface area contributed by atoms with Crippen LogP contribution in [0.5, 0.6) is 0 Å². The molecule has 2 aromatic carbocycles. The van der Waals surface area contributed by atoms with Crippen molar-refractivity contribution in [2.24, 2.45) is 0 Å². The van der Waals surface area contributed by atoms with E-state index in [1.165, 1.54) is 22.4 Å². The lowest BCUT2D eigenvalue weighted by molar-refractivity contribution is -0.155. The van der Waals surface area contributed by atoms with Gasteiger partial charge in [0.15, 0.2) is 0 Å². The van der Waals surface area contributed by atoms with E-state index < -0.39 is 17.1 Å². The molecule has 0 saturated heterocycles. The summed E-state index contributed by atoms with van der Waals surface area (Å²) in [5.41, 5.74) is 0.782. The molecule has 0 saturated carbocycles. The Bertz CT molecular complexity index is 1050. The molecule has 1 N–H and O–H groups in total. The third-order valence-corrected chi connectivity index (χ3v) is 3.96. The number of carbonyl (C=O) groups is 2. The third kappa shape index (κ3) is 8.30. The number of nitrogens with one attached hydrogen (secondary N) is 1. The highest BCUT2D eigenvalue weighted by Crippen LogP contribution is 2.08. The standard InChI is InChI=1S/C18H20N2O4.C7H8/c1-18(2,3)24-15(21)12-20-11-7-10-14(17(20)23)19-16(22)13-8-5-4-6-9-13;1-7-5-3-2-4-6-7/h4-11H,12H2,1-3H3,(H,19,22);2-6H,1H3. The number of nitrogens with zero attached hydrogens (tertiary/aromatic N) is 1. The molecular weight excluding hydrogens is 392 g/mol. The summed E-state index contributed by atoms with van der Waals surface area (Å²) in [6.45, 7) is 7.13. The Morgan fingerprint density at radius 1 is 0.903 bits per heavy atom. The van der Waals surface area contributed by atoms with Crippen LogP contribution in [0.15, 0.2) is 83.8 Å². The number of benzene rings is 2. The van der Waals surface area contributed by atoms with E-state index in [2.05, 4.69) is 24.4 Å². The van der Waals surface area contributed by atoms with Crippen LogP contribution in [0.3, 0.4) is 0 Å². The second-order valence-electron chi connectivity index (χ2n) is 7.92. The van der Waals surface area contributed by atoms with E-state index in [4.69, 9.17) is 4.74 Å². The van der Waals surface area contributed by atoms with Gasteiger partial charge in [-0.2, -0.15) is 0 Å². The van der Waals surface area contributed by atoms with Gasteiger partial charge >= 0.3 is 5.97 Å². The Hall–Kier alpha value is -3.67. The van der Waals surface area contributed by atoms with E-state index in [-0.39, 0.29) is 18.1 Å². The van der Waals surface area contributed by atoms with E-state index in [0.717, 1.165) is 0 Å². The molecule has 1 heterocycles. The molecule has 3 rings (SSSR count). The molecule has 6 nitrogen and oxygen atoms in total. The zero-order chi connectivity index (χ0) is 22.9. The molecule has 162 valence electrons. The lowest BCUT2D eigenvalue weighted by Gasteiger charge is -2.19. The SMILES string of the molecule is CC(C)(C)OC(=O)Cn1cccc(NC(=O)c2ccccc2)c1=O.Cc1ccccc1. The lowest BCUT2D eigenvalue weighted by atomic mass is 10.2. The maximum atomic E-state index is 12.4. The molecule has 31 heavy (non-hydrogen) atoms. The first kappa shape index (κ1) is 23.6. The van der Waals surface area contributed by atoms with E-state index in [9.17, 15) is 14.4 Å². The molecule has 0 aliphatic heterocycles. The predicted octanol–water partition coefficient (Wildman–Crippen LogP) is 4.44. The van der Waals surface area contributed by atoms with Gasteiger partial charge in [-0.15, -0.1) is 0 Å². The minimum Gasteiger partial charge on any atom is -0.459 e. The molecular formula is C25H28N2O4. The van der Waals surface area contributed by atoms with Crippen LogP contribution in [0.25, 0.3) is 0 Å². The van der Waals surface area contributed by atoms with Crippen molar-refractivity contribution in [1.82, 2.24) is 4.57 Å². The highest BCUT2D eigenvalue weighted by molar-refractivity contribution is 6.04. The topological polar surface area (TPSA) is 77.4 Å². The normalized spacial score (nSPS) is 10.5. The highest BCUT2D eigenvalue weighted by Gasteiger charge is 2.17. The number of anilines is 1. The number of aromatic nitrogens is 1. The average Bonchev–Trinajstić information content (AvgIpc) is 2.71. The minimum absolute atomic E-state index is 0.106. The summed E-state index contributed by atoms with van der Waals surface area (Å²) in [4.78, 5) is 36.4. The van der Waals surface area contributed by atoms with Crippen molar-refractivity contribution in [3.63, 3.8) is 0 Å². The molecule has 1 amide bonds. The molecule has 0 spiro atoms. The summed E-state index contributed by atoms with van der Waals surface area (Å²) in [7, 11) is 0. The van der Waals surface area contributed by atoms with Gasteiger partial charge in [-0.05, 0) is 52.0 Å². The lowest BCUT2D eigenvalue weighted by Crippen LogP contribution is -2.31. The quantitative estimate of drug-likeness (QED) is 0.633. The molecule has 0 bridgehead atoms. The fourth-order valence-electron chi connectivity index (χ4n) is 2.59. The summed E-state index contributed by atoms with van der Waals surface area (Å²) in [5.74, 6) is -0.904. The number of esters is 1. The Labute approximate surface area is 182 Å². The van der Waals surface area contributed by atoms with Crippen molar-refractivity contribution >= 4 is 17.6 Å². The van der Waals surface area contributed by atoms with Crippen molar-refractivity contribution in [3.05, 3.63) is 100 Å². The van der Waals surface area contributed by atoms with Gasteiger partial charge in [0.25, 0.3) is 11.5 Å². The van der Waals surface area contributed by atoms with Crippen molar-refractivity contribution in [1.29, 1.82) is 0 Å². The van der Waals surface area contributed by atoms with Crippen molar-refractivity contribution in [3.8, 4) is 0 Å². The van der Waals surface area contributed by atoms with Crippen LogP contribution in [0.1, 0.15) is 36.7 Å². The maximum Gasteiger partial charge on any atom is 0.326 e. The Balaban J connectivity index is 0.000000412. The molecule has 0 unspecified atom stereocenters. The number of rotatable bonds is 4. The van der Waals surface area contributed by atoms with Gasteiger partial charge in [-0.1, -0.05) is 54.1 Å². The summed E-state index contributed by atoms with van der Waals surface area (Å²) < 4.78 is 6.40. The van der Waals surface area contributed by atoms with Gasteiger partial charge in [0.2, 0.25) is 0 Å². The molecule has 0 fully saturated rings. The van der Waals surface area contributed by atoms with E-state index in [1.54, 1.807) is 57.2 Å². The maximum absolute atomic E-state index is 12.4. The van der Waals surface area contributed by atoms with E-state index >= 15 is 0 Å². The van der Waals surface area contributed by atoms with E-state index in [0.29, 0.717) is 5.56 Å². The van der Waals surface area contributed by atoms with Crippen LogP contribution in [0, 0.1) is 6.92 Å². The number of ether oxygens (including phenoxy) is 1. The molecule has 0 radical (unpaired) electrons. The molecule has 6 heteroatoms. The zero-order valence-electron chi connectivity index (χ0n) is 18.3. The minimum atomic E-state index is -0.625. The number of hydrogen-bond acceptors (Lipinski definition) is 4. The third-order valence-electron chi connectivity index (χ3n) is 3.96. The van der Waals surface area contributed by atoms with Crippen LogP contribution in [0.2, 0.25) is 0 Å². The number of carbonyl (C=O) groups excluding carboxylic acids is 2. The molecule has 1 aromatic heterocycles. The van der Waals surface area contributed by atoms with Gasteiger partial charge < -0.3 is 14.6 Å². The number of pyridine rings is 1. The fourth-order valence-corrected chi connectivity index (χ4v) is 2.59. The van der Waals surface area contributed by atoms with Gasteiger partial charge in [0, 0.05) is 11.8 Å². The predicted molar refractivity (Wildman–Crippen MR) is 122 cm³/mol. The molecule has 0 aliphatic carbocycles. The summed E-state index contributed by atoms with van der Waals surface area (Å²) in [6.07, 6.45) is 1.48. The number of amides is 1. The smallest absolute Gasteiger partial charge is 0.326 e. The van der Waals surface area contributed by atoms with Crippen molar-refractivity contribution < 1.29 is 14.3 Å². The Kier molecular flexibility index (Phi) is 8.32. The van der Waals surface area contributed by atoms with Crippen LogP contribution in [-0.4, -0.2) is 22.0 Å². The van der Waals surface area contributed by atoms with Crippen LogP contribution >= 0.6 is 0 Å². The number of hydrogen-bond donors (Lipinski definition) is 1. The van der Waals surface area contributed by atoms with Crippen LogP contribution in [-0.2, 0) is 16.1 Å². The largest absolute Gasteiger partial charge is 0.459 e. The first-order valence-electron chi connectivity index (χ1n) is 9.95. The van der Waals surface area contributed by atoms with E-state index in [1.807, 2.05) is 18.2 Å². The second-order valence-corrected chi connectivity index (χ2v) is 7.92. The second kappa shape index (κ2) is 10.9. The van der Waals surface area contributed by atoms with Crippen LogP contribution in [0.4, 0.5) is 5.69 Å². The van der Waals surface area contributed by atoms with Crippen molar-refractivity contribution in [2.75, 3.05) is 5.32 Å². The average molecular weight is 421 g/mol.